The van der Waals surface area contributed by atoms with Crippen LogP contribution < -0.4 is 4.74 Å². The lowest BCUT2D eigenvalue weighted by atomic mass is 9.97. The Labute approximate surface area is 96.2 Å². The zero-order chi connectivity index (χ0) is 12.7. The number of rotatable bonds is 3. The van der Waals surface area contributed by atoms with Crippen LogP contribution in [0.4, 0.5) is 13.2 Å². The summed E-state index contributed by atoms with van der Waals surface area (Å²) in [6.07, 6.45) is -1.78. The Bertz CT molecular complexity index is 427. The maximum absolute atomic E-state index is 12.7. The van der Waals surface area contributed by atoms with Crippen molar-refractivity contribution in [1.29, 1.82) is 0 Å². The first-order valence-corrected chi connectivity index (χ1v) is 5.15. The van der Waals surface area contributed by atoms with E-state index >= 15 is 0 Å². The van der Waals surface area contributed by atoms with E-state index in [0.29, 0.717) is 18.4 Å². The van der Waals surface area contributed by atoms with Crippen LogP contribution in [-0.4, -0.2) is 23.8 Å². The number of hydrogen-bond acceptors (Lipinski definition) is 3. The molecule has 2 rings (SSSR count). The van der Waals surface area contributed by atoms with Crippen molar-refractivity contribution < 1.29 is 23.0 Å². The molecule has 3 nitrogen and oxygen atoms in total. The Balaban J connectivity index is 2.46. The van der Waals surface area contributed by atoms with Crippen LogP contribution in [0.5, 0.6) is 5.88 Å². The maximum Gasteiger partial charge on any atom is 0.421 e. The lowest BCUT2D eigenvalue weighted by molar-refractivity contribution is -0.139. The Kier molecular flexibility index (Phi) is 2.77. The summed E-state index contributed by atoms with van der Waals surface area (Å²) < 4.78 is 42.8. The third-order valence-electron chi connectivity index (χ3n) is 3.12. The van der Waals surface area contributed by atoms with Gasteiger partial charge in [0.25, 0.3) is 0 Å². The standard InChI is InChI=1S/C11H12F3NO2/c1-17-9-8(11(12,13)14)4-7(5-15-9)10(6-16)2-3-10/h4-5,16H,2-3,6H2,1H3. The van der Waals surface area contributed by atoms with Crippen molar-refractivity contribution >= 4 is 0 Å². The van der Waals surface area contributed by atoms with Crippen molar-refractivity contribution in [3.63, 3.8) is 0 Å². The van der Waals surface area contributed by atoms with Crippen LogP contribution in [0.1, 0.15) is 24.0 Å². The molecule has 1 saturated carbocycles. The van der Waals surface area contributed by atoms with Crippen LogP contribution in [-0.2, 0) is 11.6 Å². The van der Waals surface area contributed by atoms with Gasteiger partial charge in [0.1, 0.15) is 5.56 Å². The first-order chi connectivity index (χ1) is 7.93. The molecule has 0 saturated heterocycles. The van der Waals surface area contributed by atoms with Crippen molar-refractivity contribution in [1.82, 2.24) is 4.98 Å². The van der Waals surface area contributed by atoms with Gasteiger partial charge in [0.15, 0.2) is 0 Å². The van der Waals surface area contributed by atoms with Gasteiger partial charge in [0.2, 0.25) is 5.88 Å². The molecule has 0 unspecified atom stereocenters. The molecule has 0 amide bonds. The fourth-order valence-electron chi connectivity index (χ4n) is 1.80. The summed E-state index contributed by atoms with van der Waals surface area (Å²) in [5.41, 5.74) is -0.996. The predicted octanol–water partition coefficient (Wildman–Crippen LogP) is 2.13. The number of nitrogens with zero attached hydrogens (tertiary/aromatic N) is 1. The number of halogens is 3. The quantitative estimate of drug-likeness (QED) is 0.889. The van der Waals surface area contributed by atoms with E-state index in [0.717, 1.165) is 13.2 Å². The van der Waals surface area contributed by atoms with E-state index in [2.05, 4.69) is 9.72 Å². The number of aliphatic hydroxyl groups excluding tert-OH is 1. The van der Waals surface area contributed by atoms with E-state index < -0.39 is 23.0 Å². The van der Waals surface area contributed by atoms with Crippen molar-refractivity contribution in [2.75, 3.05) is 13.7 Å². The number of methoxy groups -OCH3 is 1. The smallest absolute Gasteiger partial charge is 0.421 e. The van der Waals surface area contributed by atoms with E-state index in [4.69, 9.17) is 0 Å². The van der Waals surface area contributed by atoms with Gasteiger partial charge in [0, 0.05) is 11.6 Å². The van der Waals surface area contributed by atoms with Crippen LogP contribution in [0, 0.1) is 0 Å². The number of alkyl halides is 3. The molecule has 0 radical (unpaired) electrons. The Hall–Kier alpha value is -1.30. The number of hydrogen-bond donors (Lipinski definition) is 1. The Morgan fingerprint density at radius 2 is 2.12 bits per heavy atom. The predicted molar refractivity (Wildman–Crippen MR) is 53.8 cm³/mol. The lowest BCUT2D eigenvalue weighted by Gasteiger charge is -2.16. The topological polar surface area (TPSA) is 42.4 Å². The molecule has 1 aliphatic carbocycles. The molecule has 0 spiro atoms. The molecule has 1 N–H and O–H groups in total. The normalized spacial score (nSPS) is 17.9. The number of aliphatic hydroxyl groups is 1. The third kappa shape index (κ3) is 2.09. The zero-order valence-electron chi connectivity index (χ0n) is 9.21. The van der Waals surface area contributed by atoms with Gasteiger partial charge < -0.3 is 9.84 Å². The highest BCUT2D eigenvalue weighted by Crippen LogP contribution is 2.49. The third-order valence-corrected chi connectivity index (χ3v) is 3.12. The van der Waals surface area contributed by atoms with E-state index in [9.17, 15) is 18.3 Å². The molecule has 17 heavy (non-hydrogen) atoms. The van der Waals surface area contributed by atoms with Gasteiger partial charge in [0.05, 0.1) is 13.7 Å². The average Bonchev–Trinajstić information content (AvgIpc) is 3.08. The summed E-state index contributed by atoms with van der Waals surface area (Å²) in [7, 11) is 1.15. The number of pyridine rings is 1. The van der Waals surface area contributed by atoms with Gasteiger partial charge in [-0.15, -0.1) is 0 Å². The lowest BCUT2D eigenvalue weighted by Crippen LogP contribution is -2.16. The minimum atomic E-state index is -4.50. The van der Waals surface area contributed by atoms with Gasteiger partial charge in [-0.25, -0.2) is 4.98 Å². The number of aromatic nitrogens is 1. The molecule has 0 atom stereocenters. The van der Waals surface area contributed by atoms with Crippen LogP contribution in [0.3, 0.4) is 0 Å². The fourth-order valence-corrected chi connectivity index (χ4v) is 1.80. The molecule has 1 aromatic rings. The SMILES string of the molecule is COc1ncc(C2(CO)CC2)cc1C(F)(F)F. The van der Waals surface area contributed by atoms with Gasteiger partial charge in [-0.1, -0.05) is 0 Å². The molecule has 0 aromatic carbocycles. The molecule has 0 bridgehead atoms. The fraction of sp³-hybridized carbons (Fsp3) is 0.545. The summed E-state index contributed by atoms with van der Waals surface area (Å²) in [5, 5.41) is 9.19. The second-order valence-corrected chi connectivity index (χ2v) is 4.22. The first-order valence-electron chi connectivity index (χ1n) is 5.15. The second kappa shape index (κ2) is 3.87. The summed E-state index contributed by atoms with van der Waals surface area (Å²) >= 11 is 0. The summed E-state index contributed by atoms with van der Waals surface area (Å²) in [5.74, 6) is -0.435. The first kappa shape index (κ1) is 12.2. The molecule has 6 heteroatoms. The monoisotopic (exact) mass is 247 g/mol. The highest BCUT2D eigenvalue weighted by Gasteiger charge is 2.46. The Morgan fingerprint density at radius 1 is 1.47 bits per heavy atom. The van der Waals surface area contributed by atoms with E-state index in [1.54, 1.807) is 0 Å². The molecule has 1 fully saturated rings. The van der Waals surface area contributed by atoms with Gasteiger partial charge in [-0.05, 0) is 24.5 Å². The summed E-state index contributed by atoms with van der Waals surface area (Å²) in [4.78, 5) is 3.66. The molecule has 1 heterocycles. The van der Waals surface area contributed by atoms with E-state index in [1.165, 1.54) is 6.20 Å². The van der Waals surface area contributed by atoms with E-state index in [-0.39, 0.29) is 6.61 Å². The largest absolute Gasteiger partial charge is 0.481 e. The van der Waals surface area contributed by atoms with Crippen molar-refractivity contribution in [3.05, 3.63) is 23.4 Å². The molecular weight excluding hydrogens is 235 g/mol. The minimum absolute atomic E-state index is 0.154. The highest BCUT2D eigenvalue weighted by atomic mass is 19.4. The maximum atomic E-state index is 12.7. The van der Waals surface area contributed by atoms with E-state index in [1.807, 2.05) is 0 Å². The van der Waals surface area contributed by atoms with Crippen molar-refractivity contribution in [2.45, 2.75) is 24.4 Å². The van der Waals surface area contributed by atoms with Crippen LogP contribution in [0.25, 0.3) is 0 Å². The Morgan fingerprint density at radius 3 is 2.53 bits per heavy atom. The van der Waals surface area contributed by atoms with Crippen LogP contribution in [0.2, 0.25) is 0 Å². The highest BCUT2D eigenvalue weighted by molar-refractivity contribution is 5.38. The average molecular weight is 247 g/mol. The van der Waals surface area contributed by atoms with Crippen LogP contribution >= 0.6 is 0 Å². The number of ether oxygens (including phenoxy) is 1. The zero-order valence-corrected chi connectivity index (χ0v) is 9.21. The van der Waals surface area contributed by atoms with Gasteiger partial charge in [-0.3, -0.25) is 0 Å². The minimum Gasteiger partial charge on any atom is -0.481 e. The molecular formula is C11H12F3NO2. The van der Waals surface area contributed by atoms with Gasteiger partial charge in [-0.2, -0.15) is 13.2 Å². The molecule has 0 aliphatic heterocycles. The van der Waals surface area contributed by atoms with Crippen LogP contribution in [0.15, 0.2) is 12.3 Å². The van der Waals surface area contributed by atoms with Gasteiger partial charge >= 0.3 is 6.18 Å². The second-order valence-electron chi connectivity index (χ2n) is 4.22. The molecule has 1 aliphatic rings. The molecule has 94 valence electrons. The molecule has 1 aromatic heterocycles. The summed E-state index contributed by atoms with van der Waals surface area (Å²) in [6.45, 7) is -0.154. The van der Waals surface area contributed by atoms with Crippen molar-refractivity contribution in [2.24, 2.45) is 0 Å². The van der Waals surface area contributed by atoms with Crippen molar-refractivity contribution in [3.8, 4) is 5.88 Å². The summed E-state index contributed by atoms with van der Waals surface area (Å²) in [6, 6.07) is 1.02.